The molecule has 0 fully saturated rings. The average Bonchev–Trinajstić information content (AvgIpc) is 3.06. The molecule has 1 N–H and O–H groups in total. The van der Waals surface area contributed by atoms with Crippen molar-refractivity contribution in [2.75, 3.05) is 10.2 Å². The van der Waals surface area contributed by atoms with Crippen molar-refractivity contribution in [3.63, 3.8) is 0 Å². The molecule has 47 heavy (non-hydrogen) atoms. The third-order valence-electron chi connectivity index (χ3n) is 6.85. The molecule has 0 radical (unpaired) electrons. The van der Waals surface area contributed by atoms with E-state index in [4.69, 9.17) is 55.9 Å². The first-order valence-corrected chi connectivity index (χ1v) is 17.0. The number of hydrogen-bond acceptors (Lipinski definition) is 4. The first kappa shape index (κ1) is 33.5. The second kappa shape index (κ2) is 14.8. The Kier molecular flexibility index (Phi) is 10.5. The molecule has 0 amide bonds. The smallest absolute Gasteiger partial charge is 0.160 e. The zero-order valence-electron chi connectivity index (χ0n) is 24.0. The van der Waals surface area contributed by atoms with Crippen molar-refractivity contribution in [3.05, 3.63) is 156 Å². The highest BCUT2D eigenvalue weighted by Crippen LogP contribution is 2.53. The summed E-state index contributed by atoms with van der Waals surface area (Å²) in [6.07, 6.45) is 0. The molecule has 2 aliphatic heterocycles. The van der Waals surface area contributed by atoms with Gasteiger partial charge in [0.15, 0.2) is 28.8 Å². The van der Waals surface area contributed by atoms with Crippen LogP contribution in [-0.2, 0) is 0 Å². The number of nitrogens with one attached hydrogen (secondary N) is 1. The Labute approximate surface area is 307 Å². The van der Waals surface area contributed by atoms with Crippen LogP contribution in [-0.4, -0.2) is 0 Å². The molecule has 0 aromatic heterocycles. The van der Waals surface area contributed by atoms with Gasteiger partial charge in [-0.25, -0.2) is 4.39 Å². The number of halogens is 7. The van der Waals surface area contributed by atoms with Gasteiger partial charge in [0.25, 0.3) is 0 Å². The molecule has 2 aliphatic rings. The van der Waals surface area contributed by atoms with Gasteiger partial charge in [0.05, 0.1) is 48.5 Å². The second-order valence-corrected chi connectivity index (χ2v) is 13.5. The standard InChI is InChI=1S/C18H10BrCl2NO.C12H9NO.C6H2BrCl2F/c19-11-9-12(20)18(13(21)10-11)22-14-5-1-3-7-16(14)23-17-8-4-2-6-15(17)22;1-3-7-11-9(5-1)13-10-6-2-4-8-12(10)14-11;7-3-1-4(8)6(10)5(9)2-3/h1-10H;1-8,13H;1-2H. The number of fused-ring (bicyclic) bond motifs is 4. The lowest BCUT2D eigenvalue weighted by molar-refractivity contribution is 0.477. The van der Waals surface area contributed by atoms with Gasteiger partial charge in [-0.05, 0) is 72.8 Å². The van der Waals surface area contributed by atoms with Crippen molar-refractivity contribution < 1.29 is 13.9 Å². The Morgan fingerprint density at radius 3 is 1.34 bits per heavy atom. The molecule has 8 rings (SSSR count). The van der Waals surface area contributed by atoms with E-state index in [9.17, 15) is 4.39 Å². The van der Waals surface area contributed by atoms with E-state index in [1.54, 1.807) is 0 Å². The fourth-order valence-corrected chi connectivity index (χ4v) is 7.39. The highest BCUT2D eigenvalue weighted by Gasteiger charge is 2.28. The Morgan fingerprint density at radius 2 is 0.872 bits per heavy atom. The van der Waals surface area contributed by atoms with E-state index in [0.29, 0.717) is 14.5 Å². The van der Waals surface area contributed by atoms with Gasteiger partial charge >= 0.3 is 0 Å². The van der Waals surface area contributed by atoms with Crippen LogP contribution in [0.15, 0.2) is 130 Å². The van der Waals surface area contributed by atoms with Crippen molar-refractivity contribution in [2.24, 2.45) is 0 Å². The Hall–Kier alpha value is -3.43. The van der Waals surface area contributed by atoms with Gasteiger partial charge in [0.2, 0.25) is 0 Å². The largest absolute Gasteiger partial charge is 0.453 e. The van der Waals surface area contributed by atoms with Crippen molar-refractivity contribution >= 4 is 107 Å². The maximum absolute atomic E-state index is 12.6. The molecule has 4 nitrogen and oxygen atoms in total. The van der Waals surface area contributed by atoms with E-state index in [0.717, 1.165) is 55.9 Å². The second-order valence-electron chi connectivity index (χ2n) is 9.99. The predicted molar refractivity (Wildman–Crippen MR) is 199 cm³/mol. The average molecular weight is 834 g/mol. The van der Waals surface area contributed by atoms with Gasteiger partial charge < -0.3 is 19.7 Å². The van der Waals surface area contributed by atoms with E-state index in [2.05, 4.69) is 37.2 Å². The summed E-state index contributed by atoms with van der Waals surface area (Å²) in [5.41, 5.74) is 4.58. The van der Waals surface area contributed by atoms with Crippen LogP contribution in [0.1, 0.15) is 0 Å². The van der Waals surface area contributed by atoms with Crippen molar-refractivity contribution in [2.45, 2.75) is 0 Å². The predicted octanol–water partition coefficient (Wildman–Crippen LogP) is 14.8. The maximum Gasteiger partial charge on any atom is 0.160 e. The minimum Gasteiger partial charge on any atom is -0.453 e. The number of para-hydroxylation sites is 8. The minimum absolute atomic E-state index is 0.0272. The summed E-state index contributed by atoms with van der Waals surface area (Å²) in [4.78, 5) is 2.03. The minimum atomic E-state index is -0.577. The SMILES string of the molecule is Clc1cc(Br)cc(Cl)c1N1c2ccccc2Oc2ccccc21.Fc1c(Cl)cc(Br)cc1Cl.c1ccc2c(c1)Nc1ccccc1O2. The van der Waals surface area contributed by atoms with Crippen LogP contribution in [0.5, 0.6) is 23.0 Å². The third-order valence-corrected chi connectivity index (χ3v) is 8.89. The Bertz CT molecular complexity index is 1920. The first-order valence-electron chi connectivity index (χ1n) is 13.9. The normalized spacial score (nSPS) is 11.8. The molecular weight excluding hydrogens is 813 g/mol. The molecule has 6 aromatic rings. The molecule has 0 atom stereocenters. The van der Waals surface area contributed by atoms with Crippen molar-refractivity contribution in [3.8, 4) is 23.0 Å². The zero-order chi connectivity index (χ0) is 33.1. The summed E-state index contributed by atoms with van der Waals surface area (Å²) in [6.45, 7) is 0. The summed E-state index contributed by atoms with van der Waals surface area (Å²) < 4.78 is 25.8. The van der Waals surface area contributed by atoms with Gasteiger partial charge in [-0.2, -0.15) is 0 Å². The lowest BCUT2D eigenvalue weighted by atomic mass is 10.1. The number of hydrogen-bond donors (Lipinski definition) is 1. The summed E-state index contributed by atoms with van der Waals surface area (Å²) >= 11 is 30.4. The summed E-state index contributed by atoms with van der Waals surface area (Å²) in [6, 6.07) is 38.0. The fourth-order valence-electron chi connectivity index (χ4n) is 4.80. The van der Waals surface area contributed by atoms with E-state index in [1.165, 1.54) is 12.1 Å². The lowest BCUT2D eigenvalue weighted by Crippen LogP contribution is -2.16. The molecule has 6 aromatic carbocycles. The summed E-state index contributed by atoms with van der Waals surface area (Å²) in [5, 5.41) is 4.50. The molecule has 0 saturated carbocycles. The molecule has 0 bridgehead atoms. The maximum atomic E-state index is 12.6. The van der Waals surface area contributed by atoms with Crippen LogP contribution in [0.25, 0.3) is 0 Å². The summed E-state index contributed by atoms with van der Waals surface area (Å²) in [7, 11) is 0. The number of ether oxygens (including phenoxy) is 2. The molecule has 0 unspecified atom stereocenters. The molecular formula is C36H21Br2Cl4FN2O2. The molecule has 0 saturated heterocycles. The van der Waals surface area contributed by atoms with Crippen molar-refractivity contribution in [1.29, 1.82) is 0 Å². The third kappa shape index (κ3) is 7.51. The van der Waals surface area contributed by atoms with Gasteiger partial charge in [-0.3, -0.25) is 0 Å². The van der Waals surface area contributed by atoms with Crippen LogP contribution < -0.4 is 19.7 Å². The quantitative estimate of drug-likeness (QED) is 0.132. The fraction of sp³-hybridized carbons (Fsp3) is 0. The van der Waals surface area contributed by atoms with Crippen LogP contribution in [0.4, 0.5) is 32.8 Å². The molecule has 0 aliphatic carbocycles. The summed E-state index contributed by atoms with van der Waals surface area (Å²) in [5.74, 6) is 2.71. The van der Waals surface area contributed by atoms with E-state index in [1.807, 2.05) is 114 Å². The van der Waals surface area contributed by atoms with E-state index in [-0.39, 0.29) is 10.0 Å². The zero-order valence-corrected chi connectivity index (χ0v) is 30.2. The number of nitrogens with zero attached hydrogens (tertiary/aromatic N) is 1. The monoisotopic (exact) mass is 830 g/mol. The topological polar surface area (TPSA) is 33.7 Å². The molecule has 0 spiro atoms. The molecule has 2 heterocycles. The van der Waals surface area contributed by atoms with Gasteiger partial charge in [0, 0.05) is 8.95 Å². The van der Waals surface area contributed by atoms with E-state index >= 15 is 0 Å². The first-order chi connectivity index (χ1) is 22.7. The highest BCUT2D eigenvalue weighted by molar-refractivity contribution is 9.10. The van der Waals surface area contributed by atoms with Crippen LogP contribution >= 0.6 is 78.3 Å². The lowest BCUT2D eigenvalue weighted by Gasteiger charge is -2.33. The van der Waals surface area contributed by atoms with Gasteiger partial charge in [0.1, 0.15) is 0 Å². The molecule has 236 valence electrons. The van der Waals surface area contributed by atoms with Crippen LogP contribution in [0.3, 0.4) is 0 Å². The Balaban J connectivity index is 0.000000137. The number of rotatable bonds is 1. The highest BCUT2D eigenvalue weighted by atomic mass is 79.9. The number of benzene rings is 6. The van der Waals surface area contributed by atoms with Crippen LogP contribution in [0.2, 0.25) is 20.1 Å². The van der Waals surface area contributed by atoms with E-state index < -0.39 is 5.82 Å². The number of anilines is 5. The van der Waals surface area contributed by atoms with Gasteiger partial charge in [-0.15, -0.1) is 0 Å². The van der Waals surface area contributed by atoms with Crippen molar-refractivity contribution in [1.82, 2.24) is 0 Å². The van der Waals surface area contributed by atoms with Crippen LogP contribution in [0, 0.1) is 5.82 Å². The molecule has 11 heteroatoms. The van der Waals surface area contributed by atoms with Gasteiger partial charge in [-0.1, -0.05) is 127 Å². The Morgan fingerprint density at radius 1 is 0.511 bits per heavy atom.